The standard InChI is InChI=1S/C14H19BrN2O/c1-17(10-11-4-6-13(15)7-5-11)14(18)12-3-2-8-16-9-12/h4-7,12,16H,2-3,8-10H2,1H3/t12-/m0/s1. The number of benzene rings is 1. The molecule has 1 fully saturated rings. The third-order valence-electron chi connectivity index (χ3n) is 3.36. The summed E-state index contributed by atoms with van der Waals surface area (Å²) in [6.07, 6.45) is 2.11. The normalized spacial score (nSPS) is 19.6. The Bertz CT molecular complexity index is 399. The zero-order chi connectivity index (χ0) is 13.0. The molecular weight excluding hydrogens is 292 g/mol. The van der Waals surface area contributed by atoms with Crippen molar-refractivity contribution >= 4 is 21.8 Å². The topological polar surface area (TPSA) is 32.3 Å². The van der Waals surface area contributed by atoms with E-state index in [1.54, 1.807) is 0 Å². The lowest BCUT2D eigenvalue weighted by molar-refractivity contribution is -0.135. The first-order chi connectivity index (χ1) is 8.66. The van der Waals surface area contributed by atoms with Gasteiger partial charge in [-0.1, -0.05) is 28.1 Å². The lowest BCUT2D eigenvalue weighted by atomic mass is 9.98. The number of nitrogens with zero attached hydrogens (tertiary/aromatic N) is 1. The van der Waals surface area contributed by atoms with Crippen LogP contribution in [-0.2, 0) is 11.3 Å². The van der Waals surface area contributed by atoms with Crippen LogP contribution < -0.4 is 5.32 Å². The summed E-state index contributed by atoms with van der Waals surface area (Å²) < 4.78 is 1.07. The molecule has 0 aliphatic carbocycles. The molecule has 1 aliphatic rings. The van der Waals surface area contributed by atoms with E-state index >= 15 is 0 Å². The minimum atomic E-state index is 0.152. The lowest BCUT2D eigenvalue weighted by Gasteiger charge is -2.27. The van der Waals surface area contributed by atoms with E-state index in [0.717, 1.165) is 36.0 Å². The maximum Gasteiger partial charge on any atom is 0.227 e. The zero-order valence-electron chi connectivity index (χ0n) is 10.7. The number of rotatable bonds is 3. The van der Waals surface area contributed by atoms with Gasteiger partial charge in [-0.15, -0.1) is 0 Å². The molecule has 1 aromatic carbocycles. The molecule has 0 unspecified atom stereocenters. The van der Waals surface area contributed by atoms with Gasteiger partial charge in [0.25, 0.3) is 0 Å². The van der Waals surface area contributed by atoms with Crippen LogP contribution in [-0.4, -0.2) is 30.9 Å². The number of nitrogens with one attached hydrogen (secondary N) is 1. The van der Waals surface area contributed by atoms with Crippen LogP contribution in [0.15, 0.2) is 28.7 Å². The van der Waals surface area contributed by atoms with Crippen LogP contribution >= 0.6 is 15.9 Å². The first-order valence-corrected chi connectivity index (χ1v) is 7.16. The van der Waals surface area contributed by atoms with Gasteiger partial charge in [-0.25, -0.2) is 0 Å². The second-order valence-electron chi connectivity index (χ2n) is 4.86. The van der Waals surface area contributed by atoms with E-state index in [1.165, 1.54) is 0 Å². The quantitative estimate of drug-likeness (QED) is 0.930. The van der Waals surface area contributed by atoms with Crippen LogP contribution in [0.1, 0.15) is 18.4 Å². The Balaban J connectivity index is 1.92. The first kappa shape index (κ1) is 13.6. The molecule has 0 spiro atoms. The minimum absolute atomic E-state index is 0.152. The van der Waals surface area contributed by atoms with E-state index in [-0.39, 0.29) is 11.8 Å². The third-order valence-corrected chi connectivity index (χ3v) is 3.88. The van der Waals surface area contributed by atoms with Gasteiger partial charge in [0.2, 0.25) is 5.91 Å². The van der Waals surface area contributed by atoms with Crippen molar-refractivity contribution in [2.24, 2.45) is 5.92 Å². The Morgan fingerprint density at radius 2 is 2.17 bits per heavy atom. The van der Waals surface area contributed by atoms with Gasteiger partial charge in [-0.3, -0.25) is 4.79 Å². The van der Waals surface area contributed by atoms with E-state index in [4.69, 9.17) is 0 Å². The molecule has 98 valence electrons. The Kier molecular flexibility index (Phi) is 4.78. The number of carbonyl (C=O) groups excluding carboxylic acids is 1. The molecular formula is C14H19BrN2O. The number of piperidine rings is 1. The highest BCUT2D eigenvalue weighted by molar-refractivity contribution is 9.10. The maximum atomic E-state index is 12.2. The van der Waals surface area contributed by atoms with Crippen molar-refractivity contribution < 1.29 is 4.79 Å². The van der Waals surface area contributed by atoms with E-state index in [2.05, 4.69) is 21.2 Å². The minimum Gasteiger partial charge on any atom is -0.341 e. The van der Waals surface area contributed by atoms with Gasteiger partial charge in [0, 0.05) is 24.6 Å². The average molecular weight is 311 g/mol. The van der Waals surface area contributed by atoms with Crippen molar-refractivity contribution in [3.05, 3.63) is 34.3 Å². The van der Waals surface area contributed by atoms with Crippen LogP contribution in [0.2, 0.25) is 0 Å². The lowest BCUT2D eigenvalue weighted by Crippen LogP contribution is -2.41. The molecule has 1 amide bonds. The summed E-state index contributed by atoms with van der Waals surface area (Å²) in [5.74, 6) is 0.407. The summed E-state index contributed by atoms with van der Waals surface area (Å²) in [7, 11) is 1.89. The summed E-state index contributed by atoms with van der Waals surface area (Å²) in [5.41, 5.74) is 1.16. The van der Waals surface area contributed by atoms with Gasteiger partial charge in [0.15, 0.2) is 0 Å². The fourth-order valence-corrected chi connectivity index (χ4v) is 2.58. The number of halogens is 1. The molecule has 0 saturated carbocycles. The molecule has 1 aliphatic heterocycles. The molecule has 0 radical (unpaired) electrons. The van der Waals surface area contributed by atoms with Crippen molar-refractivity contribution in [3.8, 4) is 0 Å². The largest absolute Gasteiger partial charge is 0.341 e. The van der Waals surface area contributed by atoms with E-state index in [9.17, 15) is 4.79 Å². The Hall–Kier alpha value is -0.870. The second kappa shape index (κ2) is 6.34. The van der Waals surface area contributed by atoms with Crippen molar-refractivity contribution in [1.82, 2.24) is 10.2 Å². The highest BCUT2D eigenvalue weighted by Crippen LogP contribution is 2.16. The predicted octanol–water partition coefficient (Wildman–Crippen LogP) is 2.41. The summed E-state index contributed by atoms with van der Waals surface area (Å²) in [6.45, 7) is 2.55. The molecule has 0 bridgehead atoms. The van der Waals surface area contributed by atoms with Crippen LogP contribution in [0.4, 0.5) is 0 Å². The fraction of sp³-hybridized carbons (Fsp3) is 0.500. The van der Waals surface area contributed by atoms with Gasteiger partial charge < -0.3 is 10.2 Å². The number of hydrogen-bond donors (Lipinski definition) is 1. The van der Waals surface area contributed by atoms with E-state index < -0.39 is 0 Å². The van der Waals surface area contributed by atoms with E-state index in [1.807, 2.05) is 36.2 Å². The summed E-state index contributed by atoms with van der Waals surface area (Å²) in [6, 6.07) is 8.12. The second-order valence-corrected chi connectivity index (χ2v) is 5.78. The predicted molar refractivity (Wildman–Crippen MR) is 76.2 cm³/mol. The van der Waals surface area contributed by atoms with Gasteiger partial charge in [-0.05, 0) is 37.1 Å². The van der Waals surface area contributed by atoms with Crippen molar-refractivity contribution in [1.29, 1.82) is 0 Å². The maximum absolute atomic E-state index is 12.2. The smallest absolute Gasteiger partial charge is 0.227 e. The van der Waals surface area contributed by atoms with Crippen LogP contribution in [0.3, 0.4) is 0 Å². The van der Waals surface area contributed by atoms with Gasteiger partial charge in [-0.2, -0.15) is 0 Å². The Labute approximate surface area is 117 Å². The summed E-state index contributed by atoms with van der Waals surface area (Å²) >= 11 is 3.41. The van der Waals surface area contributed by atoms with Crippen LogP contribution in [0, 0.1) is 5.92 Å². The fourth-order valence-electron chi connectivity index (χ4n) is 2.32. The summed E-state index contributed by atoms with van der Waals surface area (Å²) in [4.78, 5) is 14.1. The zero-order valence-corrected chi connectivity index (χ0v) is 12.2. The molecule has 1 aromatic rings. The Morgan fingerprint density at radius 3 is 2.78 bits per heavy atom. The molecule has 1 atom stereocenters. The van der Waals surface area contributed by atoms with Crippen LogP contribution in [0.5, 0.6) is 0 Å². The van der Waals surface area contributed by atoms with Gasteiger partial charge in [0.05, 0.1) is 5.92 Å². The average Bonchev–Trinajstić information content (AvgIpc) is 2.41. The van der Waals surface area contributed by atoms with Gasteiger partial charge >= 0.3 is 0 Å². The monoisotopic (exact) mass is 310 g/mol. The van der Waals surface area contributed by atoms with Crippen molar-refractivity contribution in [3.63, 3.8) is 0 Å². The molecule has 2 rings (SSSR count). The number of hydrogen-bond acceptors (Lipinski definition) is 2. The SMILES string of the molecule is CN(Cc1ccc(Br)cc1)C(=O)[C@H]1CCCNC1. The molecule has 18 heavy (non-hydrogen) atoms. The third kappa shape index (κ3) is 3.56. The molecule has 4 heteroatoms. The molecule has 1 saturated heterocycles. The molecule has 1 heterocycles. The van der Waals surface area contributed by atoms with Crippen LogP contribution in [0.25, 0.3) is 0 Å². The molecule has 3 nitrogen and oxygen atoms in total. The van der Waals surface area contributed by atoms with Gasteiger partial charge in [0.1, 0.15) is 0 Å². The Morgan fingerprint density at radius 1 is 1.44 bits per heavy atom. The number of carbonyl (C=O) groups is 1. The summed E-state index contributed by atoms with van der Waals surface area (Å²) in [5, 5.41) is 3.29. The molecule has 1 N–H and O–H groups in total. The first-order valence-electron chi connectivity index (χ1n) is 6.37. The molecule has 0 aromatic heterocycles. The number of amides is 1. The van der Waals surface area contributed by atoms with Crippen molar-refractivity contribution in [2.75, 3.05) is 20.1 Å². The van der Waals surface area contributed by atoms with Crippen molar-refractivity contribution in [2.45, 2.75) is 19.4 Å². The highest BCUT2D eigenvalue weighted by atomic mass is 79.9. The van der Waals surface area contributed by atoms with E-state index in [0.29, 0.717) is 6.54 Å². The highest BCUT2D eigenvalue weighted by Gasteiger charge is 2.23.